The first-order valence-corrected chi connectivity index (χ1v) is 10.5. The van der Waals surface area contributed by atoms with Crippen LogP contribution in [0.25, 0.3) is 0 Å². The van der Waals surface area contributed by atoms with Crippen molar-refractivity contribution in [3.8, 4) is 0 Å². The molecule has 1 aliphatic carbocycles. The first kappa shape index (κ1) is 17.2. The third kappa shape index (κ3) is 5.22. The molecule has 1 saturated heterocycles. The predicted molar refractivity (Wildman–Crippen MR) is 86.2 cm³/mol. The molecule has 0 radical (unpaired) electrons. The van der Waals surface area contributed by atoms with Gasteiger partial charge < -0.3 is 10.1 Å². The molecule has 5 heteroatoms. The van der Waals surface area contributed by atoms with Crippen molar-refractivity contribution < 1.29 is 13.2 Å². The Balaban J connectivity index is 1.97. The summed E-state index contributed by atoms with van der Waals surface area (Å²) in [6.45, 7) is 4.98. The van der Waals surface area contributed by atoms with Gasteiger partial charge in [-0.1, -0.05) is 13.3 Å². The van der Waals surface area contributed by atoms with Crippen molar-refractivity contribution in [3.05, 3.63) is 0 Å². The van der Waals surface area contributed by atoms with Gasteiger partial charge in [-0.05, 0) is 56.9 Å². The smallest absolute Gasteiger partial charge is 0.150 e. The highest BCUT2D eigenvalue weighted by Gasteiger charge is 2.34. The zero-order valence-corrected chi connectivity index (χ0v) is 14.3. The fraction of sp³-hybridized carbons (Fsp3) is 1.00. The number of nitrogens with one attached hydrogen (secondary N) is 1. The molecule has 1 heterocycles. The molecule has 0 aromatic carbocycles. The van der Waals surface area contributed by atoms with Gasteiger partial charge in [-0.15, -0.1) is 0 Å². The third-order valence-electron chi connectivity index (χ3n) is 5.11. The van der Waals surface area contributed by atoms with E-state index in [1.165, 1.54) is 12.7 Å². The van der Waals surface area contributed by atoms with E-state index in [9.17, 15) is 8.42 Å². The van der Waals surface area contributed by atoms with Gasteiger partial charge in [0.2, 0.25) is 0 Å². The molecule has 1 N–H and O–H groups in total. The summed E-state index contributed by atoms with van der Waals surface area (Å²) in [5.74, 6) is 1.16. The summed E-state index contributed by atoms with van der Waals surface area (Å²) in [6, 6.07) is 0.459. The minimum Gasteiger partial charge on any atom is -0.381 e. The highest BCUT2D eigenvalue weighted by molar-refractivity contribution is 7.91. The largest absolute Gasteiger partial charge is 0.381 e. The lowest BCUT2D eigenvalue weighted by molar-refractivity contribution is 0.172. The molecule has 124 valence electrons. The fourth-order valence-corrected chi connectivity index (χ4v) is 5.03. The lowest BCUT2D eigenvalue weighted by Crippen LogP contribution is -2.42. The SMILES string of the molecule is CCCNC(CC1CCOC1)C1CCCC(S(C)(=O)=O)C1. The van der Waals surface area contributed by atoms with E-state index in [1.54, 1.807) is 0 Å². The first-order chi connectivity index (χ1) is 10.0. The van der Waals surface area contributed by atoms with E-state index in [2.05, 4.69) is 12.2 Å². The molecule has 0 spiro atoms. The van der Waals surface area contributed by atoms with Gasteiger partial charge >= 0.3 is 0 Å². The van der Waals surface area contributed by atoms with Crippen molar-refractivity contribution >= 4 is 9.84 Å². The second kappa shape index (κ2) is 7.93. The van der Waals surface area contributed by atoms with Gasteiger partial charge in [-0.3, -0.25) is 0 Å². The average Bonchev–Trinajstić information content (AvgIpc) is 2.95. The van der Waals surface area contributed by atoms with Crippen LogP contribution < -0.4 is 5.32 Å². The Morgan fingerprint density at radius 3 is 2.71 bits per heavy atom. The van der Waals surface area contributed by atoms with Crippen LogP contribution >= 0.6 is 0 Å². The van der Waals surface area contributed by atoms with Gasteiger partial charge in [0.25, 0.3) is 0 Å². The Labute approximate surface area is 129 Å². The van der Waals surface area contributed by atoms with Gasteiger partial charge in [0.1, 0.15) is 9.84 Å². The van der Waals surface area contributed by atoms with Crippen LogP contribution in [0.15, 0.2) is 0 Å². The lowest BCUT2D eigenvalue weighted by atomic mass is 9.80. The minimum atomic E-state index is -2.89. The molecule has 2 aliphatic rings. The molecular weight excluding hydrogens is 286 g/mol. The van der Waals surface area contributed by atoms with E-state index in [0.29, 0.717) is 17.9 Å². The van der Waals surface area contributed by atoms with Crippen LogP contribution in [0.3, 0.4) is 0 Å². The zero-order valence-electron chi connectivity index (χ0n) is 13.5. The van der Waals surface area contributed by atoms with Gasteiger partial charge in [0.15, 0.2) is 0 Å². The fourth-order valence-electron chi connectivity index (χ4n) is 3.84. The Hall–Kier alpha value is -0.130. The summed E-state index contributed by atoms with van der Waals surface area (Å²) < 4.78 is 29.2. The molecule has 2 rings (SSSR count). The molecule has 4 nitrogen and oxygen atoms in total. The van der Waals surface area contributed by atoms with Crippen LogP contribution in [0.2, 0.25) is 0 Å². The second-order valence-corrected chi connectivity index (χ2v) is 9.23. The van der Waals surface area contributed by atoms with E-state index < -0.39 is 9.84 Å². The Bertz CT molecular complexity index is 404. The maximum atomic E-state index is 11.9. The maximum Gasteiger partial charge on any atom is 0.150 e. The zero-order chi connectivity index (χ0) is 15.3. The summed E-state index contributed by atoms with van der Waals surface area (Å²) in [6.07, 6.45) is 8.73. The molecule has 1 saturated carbocycles. The number of ether oxygens (including phenoxy) is 1. The van der Waals surface area contributed by atoms with E-state index in [1.807, 2.05) is 0 Å². The average molecular weight is 317 g/mol. The van der Waals surface area contributed by atoms with Crippen LogP contribution in [0.5, 0.6) is 0 Å². The van der Waals surface area contributed by atoms with E-state index in [-0.39, 0.29) is 5.25 Å². The number of sulfone groups is 1. The monoisotopic (exact) mass is 317 g/mol. The van der Waals surface area contributed by atoms with Crippen LogP contribution in [0.1, 0.15) is 51.9 Å². The van der Waals surface area contributed by atoms with Crippen LogP contribution in [-0.2, 0) is 14.6 Å². The number of hydrogen-bond acceptors (Lipinski definition) is 4. The van der Waals surface area contributed by atoms with E-state index in [4.69, 9.17) is 4.74 Å². The van der Waals surface area contributed by atoms with Crippen molar-refractivity contribution in [2.24, 2.45) is 11.8 Å². The van der Waals surface area contributed by atoms with Crippen molar-refractivity contribution in [1.29, 1.82) is 0 Å². The molecule has 0 aromatic heterocycles. The van der Waals surface area contributed by atoms with Crippen molar-refractivity contribution in [2.75, 3.05) is 26.0 Å². The molecule has 1 aliphatic heterocycles. The molecule has 0 aromatic rings. The Morgan fingerprint density at radius 2 is 2.10 bits per heavy atom. The first-order valence-electron chi connectivity index (χ1n) is 8.50. The Kier molecular flexibility index (Phi) is 6.51. The molecular formula is C16H31NO3S. The molecule has 4 unspecified atom stereocenters. The number of hydrogen-bond donors (Lipinski definition) is 1. The van der Waals surface area contributed by atoms with Gasteiger partial charge in [-0.2, -0.15) is 0 Å². The normalized spacial score (nSPS) is 32.2. The number of rotatable bonds is 7. The van der Waals surface area contributed by atoms with Crippen molar-refractivity contribution in [2.45, 2.75) is 63.2 Å². The van der Waals surface area contributed by atoms with Crippen LogP contribution in [-0.4, -0.2) is 45.7 Å². The van der Waals surface area contributed by atoms with Gasteiger partial charge in [0.05, 0.1) is 5.25 Å². The highest BCUT2D eigenvalue weighted by atomic mass is 32.2. The second-order valence-electron chi connectivity index (χ2n) is 6.90. The quantitative estimate of drug-likeness (QED) is 0.783. The Morgan fingerprint density at radius 1 is 1.29 bits per heavy atom. The van der Waals surface area contributed by atoms with Crippen LogP contribution in [0, 0.1) is 11.8 Å². The molecule has 4 atom stereocenters. The lowest BCUT2D eigenvalue weighted by Gasteiger charge is -2.35. The summed E-state index contributed by atoms with van der Waals surface area (Å²) in [5.41, 5.74) is 0. The summed E-state index contributed by atoms with van der Waals surface area (Å²) in [4.78, 5) is 0. The van der Waals surface area contributed by atoms with Crippen molar-refractivity contribution in [1.82, 2.24) is 5.32 Å². The third-order valence-corrected chi connectivity index (χ3v) is 6.75. The topological polar surface area (TPSA) is 55.4 Å². The van der Waals surface area contributed by atoms with E-state index in [0.717, 1.165) is 58.3 Å². The van der Waals surface area contributed by atoms with E-state index >= 15 is 0 Å². The summed E-state index contributed by atoms with van der Waals surface area (Å²) in [5, 5.41) is 3.56. The van der Waals surface area contributed by atoms with Gasteiger partial charge in [-0.25, -0.2) is 8.42 Å². The molecule has 0 bridgehead atoms. The standard InChI is InChI=1S/C16H31NO3S/c1-3-8-17-16(10-13-7-9-20-12-13)14-5-4-6-15(11-14)21(2,18)19/h13-17H,3-12H2,1-2H3. The molecule has 0 amide bonds. The summed E-state index contributed by atoms with van der Waals surface area (Å²) in [7, 11) is -2.89. The van der Waals surface area contributed by atoms with Gasteiger partial charge in [0, 0.05) is 25.5 Å². The molecule has 2 fully saturated rings. The van der Waals surface area contributed by atoms with Crippen molar-refractivity contribution in [3.63, 3.8) is 0 Å². The predicted octanol–water partition coefficient (Wildman–Crippen LogP) is 2.38. The van der Waals surface area contributed by atoms with Crippen LogP contribution in [0.4, 0.5) is 0 Å². The highest BCUT2D eigenvalue weighted by Crippen LogP contribution is 2.33. The maximum absolute atomic E-state index is 11.9. The molecule has 21 heavy (non-hydrogen) atoms. The minimum absolute atomic E-state index is 0.123. The summed E-state index contributed by atoms with van der Waals surface area (Å²) >= 11 is 0.